The number of methoxy groups -OCH3 is 1. The molecule has 4 nitrogen and oxygen atoms in total. The third kappa shape index (κ3) is 5.18. The van der Waals surface area contributed by atoms with Gasteiger partial charge in [0.25, 0.3) is 0 Å². The van der Waals surface area contributed by atoms with Gasteiger partial charge in [-0.15, -0.1) is 0 Å². The largest absolute Gasteiger partial charge is 0.382 e. The predicted octanol–water partition coefficient (Wildman–Crippen LogP) is 0.866. The molecule has 0 aromatic carbocycles. The van der Waals surface area contributed by atoms with Crippen LogP contribution in [0.3, 0.4) is 0 Å². The van der Waals surface area contributed by atoms with Crippen molar-refractivity contribution in [1.82, 2.24) is 5.32 Å². The monoisotopic (exact) mass is 247 g/mol. The van der Waals surface area contributed by atoms with Crippen LogP contribution in [0.15, 0.2) is 0 Å². The number of carbonyl (C=O) groups is 1. The molecule has 1 saturated carbocycles. The van der Waals surface area contributed by atoms with E-state index in [1.54, 1.807) is 7.11 Å². The highest BCUT2D eigenvalue weighted by atomic mass is 32.1. The molecule has 1 aliphatic rings. The average molecular weight is 247 g/mol. The molecule has 0 aromatic rings. The summed E-state index contributed by atoms with van der Waals surface area (Å²) < 4.78 is 10.1. The Morgan fingerprint density at radius 1 is 1.38 bits per heavy atom. The molecule has 0 bridgehead atoms. The summed E-state index contributed by atoms with van der Waals surface area (Å²) in [6.45, 7) is 2.29. The first-order valence-electron chi connectivity index (χ1n) is 5.67. The average Bonchev–Trinajstić information content (AvgIpc) is 3.04. The first-order valence-corrected chi connectivity index (χ1v) is 6.30. The summed E-state index contributed by atoms with van der Waals surface area (Å²) in [5.41, 5.74) is 0.199. The summed E-state index contributed by atoms with van der Waals surface area (Å²) in [6, 6.07) is 0. The number of thiol groups is 1. The molecule has 0 saturated heterocycles. The zero-order valence-electron chi connectivity index (χ0n) is 9.83. The van der Waals surface area contributed by atoms with Crippen LogP contribution in [0.5, 0.6) is 0 Å². The molecule has 5 heteroatoms. The predicted molar refractivity (Wildman–Crippen MR) is 65.8 cm³/mol. The van der Waals surface area contributed by atoms with Crippen LogP contribution in [0.4, 0.5) is 0 Å². The Morgan fingerprint density at radius 3 is 2.69 bits per heavy atom. The van der Waals surface area contributed by atoms with Gasteiger partial charge in [0.1, 0.15) is 0 Å². The summed E-state index contributed by atoms with van der Waals surface area (Å²) in [6.07, 6.45) is 2.87. The topological polar surface area (TPSA) is 47.6 Å². The van der Waals surface area contributed by atoms with E-state index >= 15 is 0 Å². The lowest BCUT2D eigenvalue weighted by Crippen LogP contribution is -2.30. The smallest absolute Gasteiger partial charge is 0.220 e. The van der Waals surface area contributed by atoms with Gasteiger partial charge in [0, 0.05) is 20.1 Å². The van der Waals surface area contributed by atoms with Gasteiger partial charge < -0.3 is 14.8 Å². The van der Waals surface area contributed by atoms with Gasteiger partial charge in [-0.25, -0.2) is 0 Å². The van der Waals surface area contributed by atoms with Gasteiger partial charge in [-0.05, 0) is 24.0 Å². The minimum atomic E-state index is 0.113. The van der Waals surface area contributed by atoms with E-state index in [0.29, 0.717) is 32.8 Å². The van der Waals surface area contributed by atoms with E-state index in [0.717, 1.165) is 18.6 Å². The van der Waals surface area contributed by atoms with Crippen molar-refractivity contribution in [2.45, 2.75) is 19.3 Å². The second kappa shape index (κ2) is 7.14. The minimum absolute atomic E-state index is 0.113. The van der Waals surface area contributed by atoms with E-state index in [2.05, 4.69) is 17.9 Å². The van der Waals surface area contributed by atoms with Gasteiger partial charge in [0.15, 0.2) is 0 Å². The van der Waals surface area contributed by atoms with E-state index in [1.807, 2.05) is 0 Å². The van der Waals surface area contributed by atoms with Gasteiger partial charge in [-0.1, -0.05) is 0 Å². The SMILES string of the molecule is COCCOCCNC(=O)CC1(CS)CC1. The van der Waals surface area contributed by atoms with Gasteiger partial charge in [0.05, 0.1) is 19.8 Å². The highest BCUT2D eigenvalue weighted by Gasteiger charge is 2.42. The minimum Gasteiger partial charge on any atom is -0.382 e. The van der Waals surface area contributed by atoms with Crippen molar-refractivity contribution in [2.75, 3.05) is 39.2 Å². The maximum atomic E-state index is 11.5. The molecule has 0 aliphatic heterocycles. The van der Waals surface area contributed by atoms with Crippen LogP contribution in [0.2, 0.25) is 0 Å². The van der Waals surface area contributed by atoms with E-state index in [-0.39, 0.29) is 11.3 Å². The number of amides is 1. The number of nitrogens with one attached hydrogen (secondary N) is 1. The van der Waals surface area contributed by atoms with Crippen molar-refractivity contribution in [3.05, 3.63) is 0 Å². The Kier molecular flexibility index (Phi) is 6.16. The van der Waals surface area contributed by atoms with E-state index in [4.69, 9.17) is 9.47 Å². The van der Waals surface area contributed by atoms with Gasteiger partial charge >= 0.3 is 0 Å². The van der Waals surface area contributed by atoms with Crippen LogP contribution in [0.25, 0.3) is 0 Å². The normalized spacial score (nSPS) is 17.1. The molecule has 1 aliphatic carbocycles. The fraction of sp³-hybridized carbons (Fsp3) is 0.909. The molecular weight excluding hydrogens is 226 g/mol. The lowest BCUT2D eigenvalue weighted by Gasteiger charge is -2.11. The first-order chi connectivity index (χ1) is 7.72. The summed E-state index contributed by atoms with van der Waals surface area (Å²) in [7, 11) is 1.64. The second-order valence-electron chi connectivity index (χ2n) is 4.29. The number of hydrogen-bond acceptors (Lipinski definition) is 4. The number of rotatable bonds is 9. The maximum absolute atomic E-state index is 11.5. The van der Waals surface area contributed by atoms with Crippen LogP contribution >= 0.6 is 12.6 Å². The van der Waals surface area contributed by atoms with Crippen molar-refractivity contribution in [3.8, 4) is 0 Å². The van der Waals surface area contributed by atoms with Crippen molar-refractivity contribution >= 4 is 18.5 Å². The molecule has 16 heavy (non-hydrogen) atoms. The van der Waals surface area contributed by atoms with E-state index in [9.17, 15) is 4.79 Å². The molecule has 0 atom stereocenters. The molecule has 1 fully saturated rings. The standard InChI is InChI=1S/C11H21NO3S/c1-14-6-7-15-5-4-12-10(13)8-11(9-16)2-3-11/h16H,2-9H2,1H3,(H,12,13). The molecule has 0 radical (unpaired) electrons. The zero-order chi connectivity index (χ0) is 11.9. The Hall–Kier alpha value is -0.260. The molecule has 0 heterocycles. The van der Waals surface area contributed by atoms with Gasteiger partial charge in [-0.3, -0.25) is 4.79 Å². The molecule has 0 unspecified atom stereocenters. The molecular formula is C11H21NO3S. The van der Waals surface area contributed by atoms with E-state index in [1.165, 1.54) is 0 Å². The fourth-order valence-corrected chi connectivity index (χ4v) is 1.91. The van der Waals surface area contributed by atoms with Crippen LogP contribution in [-0.4, -0.2) is 45.1 Å². The molecule has 1 amide bonds. The van der Waals surface area contributed by atoms with Crippen LogP contribution in [0, 0.1) is 5.41 Å². The maximum Gasteiger partial charge on any atom is 0.220 e. The summed E-state index contributed by atoms with van der Waals surface area (Å²) in [4.78, 5) is 11.5. The van der Waals surface area contributed by atoms with Crippen molar-refractivity contribution in [2.24, 2.45) is 5.41 Å². The third-order valence-electron chi connectivity index (χ3n) is 2.83. The Balaban J connectivity index is 1.94. The zero-order valence-corrected chi connectivity index (χ0v) is 10.7. The number of ether oxygens (including phenoxy) is 2. The summed E-state index contributed by atoms with van der Waals surface area (Å²) in [5.74, 6) is 0.923. The van der Waals surface area contributed by atoms with Crippen LogP contribution in [-0.2, 0) is 14.3 Å². The molecule has 94 valence electrons. The molecule has 0 aromatic heterocycles. The van der Waals surface area contributed by atoms with Gasteiger partial charge in [0.2, 0.25) is 5.91 Å². The highest BCUT2D eigenvalue weighted by molar-refractivity contribution is 7.80. The van der Waals surface area contributed by atoms with Crippen molar-refractivity contribution in [3.63, 3.8) is 0 Å². The quantitative estimate of drug-likeness (QED) is 0.469. The third-order valence-corrected chi connectivity index (χ3v) is 3.50. The molecule has 0 spiro atoms. The molecule has 1 N–H and O–H groups in total. The van der Waals surface area contributed by atoms with Crippen LogP contribution in [0.1, 0.15) is 19.3 Å². The highest BCUT2D eigenvalue weighted by Crippen LogP contribution is 2.49. The van der Waals surface area contributed by atoms with Gasteiger partial charge in [-0.2, -0.15) is 12.6 Å². The Morgan fingerprint density at radius 2 is 2.12 bits per heavy atom. The van der Waals surface area contributed by atoms with Crippen molar-refractivity contribution < 1.29 is 14.3 Å². The summed E-state index contributed by atoms with van der Waals surface area (Å²) >= 11 is 4.27. The first kappa shape index (κ1) is 13.8. The van der Waals surface area contributed by atoms with Crippen LogP contribution < -0.4 is 5.32 Å². The lowest BCUT2D eigenvalue weighted by molar-refractivity contribution is -0.122. The number of carbonyl (C=O) groups excluding carboxylic acids is 1. The summed E-state index contributed by atoms with van der Waals surface area (Å²) in [5, 5.41) is 2.85. The lowest BCUT2D eigenvalue weighted by atomic mass is 10.1. The van der Waals surface area contributed by atoms with Crippen molar-refractivity contribution in [1.29, 1.82) is 0 Å². The Labute approximate surface area is 102 Å². The second-order valence-corrected chi connectivity index (χ2v) is 4.61. The number of hydrogen-bond donors (Lipinski definition) is 2. The van der Waals surface area contributed by atoms with E-state index < -0.39 is 0 Å². The fourth-order valence-electron chi connectivity index (χ4n) is 1.48. The molecule has 1 rings (SSSR count). The Bertz CT molecular complexity index is 219.